The minimum absolute atomic E-state index is 0.00142. The van der Waals surface area contributed by atoms with Gasteiger partial charge >= 0.3 is 18.0 Å². The Morgan fingerprint density at radius 1 is 0.933 bits per heavy atom. The molecule has 1 aliphatic carbocycles. The van der Waals surface area contributed by atoms with Crippen LogP contribution in [0.5, 0.6) is 0 Å². The number of benzene rings is 2. The largest absolute Gasteiger partial charge is 0.449 e. The van der Waals surface area contributed by atoms with Crippen LogP contribution in [0.15, 0.2) is 48.5 Å². The van der Waals surface area contributed by atoms with Gasteiger partial charge in [-0.3, -0.25) is 9.59 Å². The number of rotatable bonds is 6. The summed E-state index contributed by atoms with van der Waals surface area (Å²) in [6, 6.07) is 16.3. The van der Waals surface area contributed by atoms with Gasteiger partial charge in [0.25, 0.3) is 0 Å². The molecule has 0 radical (unpaired) electrons. The Morgan fingerprint density at radius 3 is 2.07 bits per heavy atom. The molecule has 2 aromatic rings. The van der Waals surface area contributed by atoms with E-state index >= 15 is 0 Å². The van der Waals surface area contributed by atoms with Crippen molar-refractivity contribution in [2.45, 2.75) is 39.5 Å². The molecule has 0 fully saturated rings. The summed E-state index contributed by atoms with van der Waals surface area (Å²) >= 11 is 0. The summed E-state index contributed by atoms with van der Waals surface area (Å²) in [4.78, 5) is 35.4. The molecule has 1 aliphatic rings. The average Bonchev–Trinajstić information content (AvgIpc) is 3.03. The molecule has 0 heterocycles. The van der Waals surface area contributed by atoms with Crippen LogP contribution >= 0.6 is 0 Å². The van der Waals surface area contributed by atoms with Gasteiger partial charge in [0.05, 0.1) is 5.41 Å². The number of fused-ring (bicyclic) bond motifs is 3. The molecule has 0 unspecified atom stereocenters. The van der Waals surface area contributed by atoms with Crippen molar-refractivity contribution in [3.05, 3.63) is 59.7 Å². The lowest BCUT2D eigenvalue weighted by atomic mass is 9.97. The van der Waals surface area contributed by atoms with E-state index < -0.39 is 23.4 Å². The molecule has 0 atom stereocenters. The summed E-state index contributed by atoms with van der Waals surface area (Å²) in [6.07, 6.45) is -0.123. The fourth-order valence-electron chi connectivity index (χ4n) is 3.38. The second-order valence-corrected chi connectivity index (χ2v) is 8.37. The zero-order chi connectivity index (χ0) is 21.7. The molecule has 0 saturated carbocycles. The van der Waals surface area contributed by atoms with E-state index in [4.69, 9.17) is 9.47 Å². The molecule has 6 heteroatoms. The smallest absolute Gasteiger partial charge is 0.407 e. The SMILES string of the molecule is CC(C)(C)C(=O)OC(=O)CCCNC(=O)OCC1c2ccccc2-c2ccccc21. The van der Waals surface area contributed by atoms with Gasteiger partial charge in [0, 0.05) is 18.9 Å². The van der Waals surface area contributed by atoms with Gasteiger partial charge in [-0.05, 0) is 49.4 Å². The van der Waals surface area contributed by atoms with Crippen LogP contribution in [-0.4, -0.2) is 31.2 Å². The highest BCUT2D eigenvalue weighted by atomic mass is 16.6. The number of nitrogens with one attached hydrogen (secondary N) is 1. The van der Waals surface area contributed by atoms with Crippen LogP contribution in [0.4, 0.5) is 4.79 Å². The van der Waals surface area contributed by atoms with Crippen molar-refractivity contribution in [3.63, 3.8) is 0 Å². The Bertz CT molecular complexity index is 899. The summed E-state index contributed by atoms with van der Waals surface area (Å²) in [6.45, 7) is 5.54. The Kier molecular flexibility index (Phi) is 6.55. The lowest BCUT2D eigenvalue weighted by Crippen LogP contribution is -2.28. The van der Waals surface area contributed by atoms with E-state index in [0.717, 1.165) is 11.1 Å². The summed E-state index contributed by atoms with van der Waals surface area (Å²) in [7, 11) is 0. The molecule has 3 rings (SSSR count). The predicted molar refractivity (Wildman–Crippen MR) is 113 cm³/mol. The van der Waals surface area contributed by atoms with E-state index in [1.54, 1.807) is 20.8 Å². The first-order valence-corrected chi connectivity index (χ1v) is 10.1. The van der Waals surface area contributed by atoms with E-state index in [1.807, 2.05) is 24.3 Å². The minimum atomic E-state index is -0.727. The molecule has 158 valence electrons. The summed E-state index contributed by atoms with van der Waals surface area (Å²) in [5.74, 6) is -1.15. The molecule has 6 nitrogen and oxygen atoms in total. The predicted octanol–water partition coefficient (Wildman–Crippen LogP) is 4.42. The van der Waals surface area contributed by atoms with E-state index in [9.17, 15) is 14.4 Å². The van der Waals surface area contributed by atoms with Crippen molar-refractivity contribution >= 4 is 18.0 Å². The first kappa shape index (κ1) is 21.6. The number of carbonyl (C=O) groups is 3. The third kappa shape index (κ3) is 5.06. The van der Waals surface area contributed by atoms with Gasteiger partial charge in [0.1, 0.15) is 6.61 Å². The lowest BCUT2D eigenvalue weighted by molar-refractivity contribution is -0.165. The molecule has 0 aliphatic heterocycles. The first-order chi connectivity index (χ1) is 14.3. The number of carbonyl (C=O) groups excluding carboxylic acids is 3. The zero-order valence-electron chi connectivity index (χ0n) is 17.6. The monoisotopic (exact) mass is 409 g/mol. The Hall–Kier alpha value is -3.15. The number of esters is 2. The third-order valence-corrected chi connectivity index (χ3v) is 4.99. The van der Waals surface area contributed by atoms with Crippen molar-refractivity contribution in [3.8, 4) is 11.1 Å². The molecular formula is C24H27NO5. The van der Waals surface area contributed by atoms with Crippen molar-refractivity contribution in [1.29, 1.82) is 0 Å². The highest BCUT2D eigenvalue weighted by molar-refractivity contribution is 5.88. The second kappa shape index (κ2) is 9.11. The molecule has 1 N–H and O–H groups in total. The van der Waals surface area contributed by atoms with Gasteiger partial charge < -0.3 is 14.8 Å². The molecule has 0 spiro atoms. The van der Waals surface area contributed by atoms with Crippen LogP contribution in [-0.2, 0) is 19.1 Å². The summed E-state index contributed by atoms with van der Waals surface area (Å²) in [5, 5.41) is 2.64. The number of hydrogen-bond donors (Lipinski definition) is 1. The highest BCUT2D eigenvalue weighted by Crippen LogP contribution is 2.44. The van der Waals surface area contributed by atoms with Crippen LogP contribution in [0.2, 0.25) is 0 Å². The molecular weight excluding hydrogens is 382 g/mol. The Morgan fingerprint density at radius 2 is 1.50 bits per heavy atom. The third-order valence-electron chi connectivity index (χ3n) is 4.99. The van der Waals surface area contributed by atoms with E-state index in [-0.39, 0.29) is 25.5 Å². The van der Waals surface area contributed by atoms with Gasteiger partial charge in [-0.15, -0.1) is 0 Å². The molecule has 1 amide bonds. The number of ether oxygens (including phenoxy) is 2. The quantitative estimate of drug-likeness (QED) is 0.434. The number of amides is 1. The van der Waals surface area contributed by atoms with E-state index in [2.05, 4.69) is 29.6 Å². The van der Waals surface area contributed by atoms with E-state index in [0.29, 0.717) is 6.42 Å². The summed E-state index contributed by atoms with van der Waals surface area (Å²) < 4.78 is 10.2. The van der Waals surface area contributed by atoms with Gasteiger partial charge in [-0.2, -0.15) is 0 Å². The van der Waals surface area contributed by atoms with Crippen LogP contribution in [0.25, 0.3) is 11.1 Å². The number of hydrogen-bond acceptors (Lipinski definition) is 5. The van der Waals surface area contributed by atoms with Crippen molar-refractivity contribution in [2.24, 2.45) is 5.41 Å². The maximum atomic E-state index is 12.1. The van der Waals surface area contributed by atoms with Crippen LogP contribution in [0.1, 0.15) is 50.7 Å². The molecule has 0 aromatic heterocycles. The van der Waals surface area contributed by atoms with Gasteiger partial charge in [-0.1, -0.05) is 48.5 Å². The van der Waals surface area contributed by atoms with Crippen molar-refractivity contribution < 1.29 is 23.9 Å². The topological polar surface area (TPSA) is 81.7 Å². The van der Waals surface area contributed by atoms with Gasteiger partial charge in [0.15, 0.2) is 0 Å². The van der Waals surface area contributed by atoms with E-state index in [1.165, 1.54) is 11.1 Å². The second-order valence-electron chi connectivity index (χ2n) is 8.37. The maximum absolute atomic E-state index is 12.1. The molecule has 2 aromatic carbocycles. The zero-order valence-corrected chi connectivity index (χ0v) is 17.6. The van der Waals surface area contributed by atoms with Crippen LogP contribution in [0, 0.1) is 5.41 Å². The fraction of sp³-hybridized carbons (Fsp3) is 0.375. The van der Waals surface area contributed by atoms with Gasteiger partial charge in [0.2, 0.25) is 0 Å². The number of alkyl carbamates (subject to hydrolysis) is 1. The molecule has 30 heavy (non-hydrogen) atoms. The fourth-order valence-corrected chi connectivity index (χ4v) is 3.38. The maximum Gasteiger partial charge on any atom is 0.407 e. The van der Waals surface area contributed by atoms with Crippen molar-refractivity contribution in [2.75, 3.05) is 13.2 Å². The molecule has 0 saturated heterocycles. The standard InChI is InChI=1S/C24H27NO5/c1-24(2,3)22(27)30-21(26)13-8-14-25-23(28)29-15-20-18-11-6-4-9-16(18)17-10-5-7-12-19(17)20/h4-7,9-12,20H,8,13-15H2,1-3H3,(H,25,28). The van der Waals surface area contributed by atoms with Crippen LogP contribution in [0.3, 0.4) is 0 Å². The highest BCUT2D eigenvalue weighted by Gasteiger charge is 2.29. The average molecular weight is 409 g/mol. The Balaban J connectivity index is 1.44. The van der Waals surface area contributed by atoms with Gasteiger partial charge in [-0.25, -0.2) is 4.79 Å². The Labute approximate surface area is 176 Å². The first-order valence-electron chi connectivity index (χ1n) is 10.1. The minimum Gasteiger partial charge on any atom is -0.449 e. The summed E-state index contributed by atoms with van der Waals surface area (Å²) in [5.41, 5.74) is 3.92. The normalized spacial score (nSPS) is 12.6. The lowest BCUT2D eigenvalue weighted by Gasteiger charge is -2.15. The molecule has 0 bridgehead atoms. The van der Waals surface area contributed by atoms with Crippen LogP contribution < -0.4 is 5.32 Å². The van der Waals surface area contributed by atoms with Crippen molar-refractivity contribution in [1.82, 2.24) is 5.32 Å².